The molecule has 6 rings (SSSR count). The molecule has 1 amide bonds. The maximum atomic E-state index is 17.1. The van der Waals surface area contributed by atoms with Crippen LogP contribution in [0.15, 0.2) is 43.1 Å². The zero-order valence-corrected chi connectivity index (χ0v) is 29.5. The number of nitrogens with one attached hydrogen (secondary N) is 1. The van der Waals surface area contributed by atoms with Gasteiger partial charge in [-0.05, 0) is 76.2 Å². The number of likely N-dealkylation sites (tertiary alicyclic amines) is 1. The second-order valence-electron chi connectivity index (χ2n) is 13.8. The molecule has 2 aliphatic heterocycles. The van der Waals surface area contributed by atoms with E-state index in [1.807, 2.05) is 23.8 Å². The van der Waals surface area contributed by atoms with Gasteiger partial charge in [0.1, 0.15) is 42.8 Å². The number of aromatic nitrogens is 3. The van der Waals surface area contributed by atoms with E-state index in [0.29, 0.717) is 35.0 Å². The van der Waals surface area contributed by atoms with Crippen LogP contribution in [0.5, 0.6) is 6.01 Å². The van der Waals surface area contributed by atoms with Crippen molar-refractivity contribution in [2.75, 3.05) is 51.5 Å². The molecule has 9 nitrogen and oxygen atoms in total. The van der Waals surface area contributed by atoms with Crippen molar-refractivity contribution in [1.82, 2.24) is 25.2 Å². The maximum Gasteiger partial charge on any atom is 0.319 e. The fourth-order valence-electron chi connectivity index (χ4n) is 6.90. The summed E-state index contributed by atoms with van der Waals surface area (Å²) in [5, 5.41) is 4.45. The minimum absolute atomic E-state index is 0.0478. The van der Waals surface area contributed by atoms with E-state index in [1.165, 1.54) is 24.4 Å². The van der Waals surface area contributed by atoms with Crippen molar-refractivity contribution >= 4 is 45.8 Å². The monoisotopic (exact) mass is 704 g/mol. The summed E-state index contributed by atoms with van der Waals surface area (Å²) in [5.74, 6) is 0.960. The Labute approximate surface area is 289 Å². The molecule has 2 aromatic carbocycles. The number of terminal acetylenes is 1. The first-order valence-electron chi connectivity index (χ1n) is 16.5. The van der Waals surface area contributed by atoms with Crippen molar-refractivity contribution in [2.45, 2.75) is 50.4 Å². The molecule has 50 heavy (non-hydrogen) atoms. The van der Waals surface area contributed by atoms with Crippen LogP contribution in [-0.4, -0.2) is 90.1 Å². The van der Waals surface area contributed by atoms with E-state index in [1.54, 1.807) is 25.5 Å². The highest BCUT2D eigenvalue weighted by molar-refractivity contribution is 7.70. The lowest BCUT2D eigenvalue weighted by molar-refractivity contribution is -0.117. The average Bonchev–Trinajstić information content (AvgIpc) is 3.20. The molecular formula is C37H40F3N6O3P. The van der Waals surface area contributed by atoms with Crippen molar-refractivity contribution in [3.05, 3.63) is 60.3 Å². The van der Waals surface area contributed by atoms with Crippen LogP contribution in [-0.2, 0) is 9.36 Å². The summed E-state index contributed by atoms with van der Waals surface area (Å²) in [6, 6.07) is 5.63. The summed E-state index contributed by atoms with van der Waals surface area (Å²) in [6.07, 6.45) is 10.0. The fraction of sp³-hybridized carbons (Fsp3) is 0.405. The number of anilines is 1. The number of hydrogen-bond donors (Lipinski definition) is 1. The summed E-state index contributed by atoms with van der Waals surface area (Å²) in [7, 11) is -1.06. The van der Waals surface area contributed by atoms with Crippen LogP contribution in [0, 0.1) is 24.0 Å². The molecule has 0 spiro atoms. The molecule has 2 aliphatic rings. The Kier molecular flexibility index (Phi) is 9.68. The predicted molar refractivity (Wildman–Crippen MR) is 191 cm³/mol. The van der Waals surface area contributed by atoms with Crippen LogP contribution in [0.25, 0.3) is 32.9 Å². The Morgan fingerprint density at radius 1 is 1.24 bits per heavy atom. The molecule has 1 N–H and O–H groups in total. The van der Waals surface area contributed by atoms with Crippen molar-refractivity contribution in [1.29, 1.82) is 0 Å². The Balaban J connectivity index is 1.55. The van der Waals surface area contributed by atoms with Crippen LogP contribution in [0.4, 0.5) is 19.0 Å². The van der Waals surface area contributed by atoms with E-state index >= 15 is 8.78 Å². The van der Waals surface area contributed by atoms with Crippen molar-refractivity contribution in [2.24, 2.45) is 0 Å². The van der Waals surface area contributed by atoms with E-state index in [2.05, 4.69) is 27.8 Å². The Bertz CT molecular complexity index is 2100. The Morgan fingerprint density at radius 3 is 2.70 bits per heavy atom. The quantitative estimate of drug-likeness (QED) is 0.139. The van der Waals surface area contributed by atoms with Gasteiger partial charge in [-0.1, -0.05) is 18.6 Å². The zero-order chi connectivity index (χ0) is 36.0. The molecule has 2 fully saturated rings. The fourth-order valence-corrected chi connectivity index (χ4v) is 7.79. The molecule has 0 aliphatic carbocycles. The average molecular weight is 705 g/mol. The number of fused-ring (bicyclic) bond motifs is 2. The third-order valence-corrected chi connectivity index (χ3v) is 11.3. The number of halogens is 3. The van der Waals surface area contributed by atoms with E-state index in [-0.39, 0.29) is 65.3 Å². The number of ether oxygens (including phenoxy) is 1. The van der Waals surface area contributed by atoms with Crippen molar-refractivity contribution in [3.8, 4) is 29.6 Å². The number of likely N-dealkylation sites (N-methyl/N-ethyl adjacent to an activating group) is 1. The van der Waals surface area contributed by atoms with Crippen molar-refractivity contribution in [3.63, 3.8) is 0 Å². The molecule has 0 bridgehead atoms. The second-order valence-corrected chi connectivity index (χ2v) is 17.1. The third kappa shape index (κ3) is 6.81. The highest BCUT2D eigenvalue weighted by Crippen LogP contribution is 2.41. The van der Waals surface area contributed by atoms with Crippen LogP contribution in [0.1, 0.15) is 38.2 Å². The van der Waals surface area contributed by atoms with Crippen LogP contribution >= 0.6 is 7.14 Å². The van der Waals surface area contributed by atoms with Gasteiger partial charge < -0.3 is 19.5 Å². The smallest absolute Gasteiger partial charge is 0.319 e. The molecular weight excluding hydrogens is 664 g/mol. The maximum absolute atomic E-state index is 17.1. The van der Waals surface area contributed by atoms with Gasteiger partial charge in [0.05, 0.1) is 16.5 Å². The number of amides is 1. The lowest BCUT2D eigenvalue weighted by atomic mass is 9.96. The summed E-state index contributed by atoms with van der Waals surface area (Å²) >= 11 is 0. The minimum atomic E-state index is -2.88. The minimum Gasteiger partial charge on any atom is -0.461 e. The largest absolute Gasteiger partial charge is 0.461 e. The zero-order valence-electron chi connectivity index (χ0n) is 28.6. The van der Waals surface area contributed by atoms with Gasteiger partial charge in [0, 0.05) is 54.5 Å². The highest BCUT2D eigenvalue weighted by atomic mass is 31.2. The summed E-state index contributed by atoms with van der Waals surface area (Å²) in [6.45, 7) is 9.87. The molecule has 2 saturated heterocycles. The number of benzene rings is 2. The lowest BCUT2D eigenvalue weighted by Crippen LogP contribution is -2.43. The lowest BCUT2D eigenvalue weighted by Gasteiger charge is -2.31. The van der Waals surface area contributed by atoms with Gasteiger partial charge in [-0.3, -0.25) is 14.7 Å². The SMILES string of the molecule is C#Cc1c(F)ccc2cc(P(C)(C)=O)cc(-c3ncc4c(N5CCCCC(NC(=O)C=C)C5)nc(OC[C@]5(C)C[C@@H](F)CN5C)nc4c3F)c12. The standard InChI is InChI=1S/C37H40F3N6O3P/c1-7-26-29(39)13-12-22-15-25(50(5,6)48)16-27(31(22)26)33-32(40)34-28(18-41-33)35(46-14-10-9-11-24(20-46)42-30(47)8-2)44-36(43-34)49-21-37(3)17-23(38)19-45(37)4/h1,8,12-13,15-16,18,23-24H,2,9-11,14,17,19-21H2,3-6H3,(H,42,47)/t23-,24?,37+/m1/s1. The number of alkyl halides is 1. The highest BCUT2D eigenvalue weighted by Gasteiger charge is 2.41. The van der Waals surface area contributed by atoms with E-state index < -0.39 is 30.5 Å². The molecule has 4 heterocycles. The number of carbonyl (C=O) groups excluding carboxylic acids is 1. The number of nitrogens with zero attached hydrogens (tertiary/aromatic N) is 5. The Hall–Kier alpha value is -4.46. The summed E-state index contributed by atoms with van der Waals surface area (Å²) in [5.41, 5.74) is -0.812. The third-order valence-electron chi connectivity index (χ3n) is 9.79. The van der Waals surface area contributed by atoms with Crippen molar-refractivity contribution < 1.29 is 27.3 Å². The number of carbonyl (C=O) groups is 1. The van der Waals surface area contributed by atoms with Gasteiger partial charge in [0.2, 0.25) is 5.91 Å². The van der Waals surface area contributed by atoms with Gasteiger partial charge in [-0.15, -0.1) is 6.42 Å². The molecule has 0 radical (unpaired) electrons. The molecule has 262 valence electrons. The summed E-state index contributed by atoms with van der Waals surface area (Å²) < 4.78 is 66.0. The van der Waals surface area contributed by atoms with E-state index in [9.17, 15) is 13.8 Å². The van der Waals surface area contributed by atoms with Gasteiger partial charge in [0.15, 0.2) is 5.82 Å². The normalized spacial score (nSPS) is 21.6. The van der Waals surface area contributed by atoms with Gasteiger partial charge in [0.25, 0.3) is 0 Å². The van der Waals surface area contributed by atoms with E-state index in [0.717, 1.165) is 19.3 Å². The molecule has 1 unspecified atom stereocenters. The molecule has 13 heteroatoms. The van der Waals surface area contributed by atoms with Gasteiger partial charge >= 0.3 is 6.01 Å². The molecule has 0 saturated carbocycles. The van der Waals surface area contributed by atoms with Crippen LogP contribution in [0.3, 0.4) is 0 Å². The van der Waals surface area contributed by atoms with Gasteiger partial charge in [-0.25, -0.2) is 13.2 Å². The molecule has 2 aromatic heterocycles. The molecule has 3 atom stereocenters. The Morgan fingerprint density at radius 2 is 2.02 bits per heavy atom. The van der Waals surface area contributed by atoms with Gasteiger partial charge in [-0.2, -0.15) is 9.97 Å². The molecule has 4 aromatic rings. The topological polar surface area (TPSA) is 101 Å². The number of pyridine rings is 1. The first-order chi connectivity index (χ1) is 23.7. The van der Waals surface area contributed by atoms with E-state index in [4.69, 9.17) is 16.1 Å². The first kappa shape index (κ1) is 35.4. The number of hydrogen-bond acceptors (Lipinski definition) is 8. The predicted octanol–water partition coefficient (Wildman–Crippen LogP) is 5.82. The first-order valence-corrected chi connectivity index (χ1v) is 19.1. The second kappa shape index (κ2) is 13.7. The summed E-state index contributed by atoms with van der Waals surface area (Å²) in [4.78, 5) is 29.9. The van der Waals surface area contributed by atoms with Crippen LogP contribution in [0.2, 0.25) is 0 Å². The van der Waals surface area contributed by atoms with Crippen LogP contribution < -0.4 is 20.3 Å². The number of rotatable bonds is 8.